The van der Waals surface area contributed by atoms with Crippen LogP contribution in [0.3, 0.4) is 0 Å². The predicted molar refractivity (Wildman–Crippen MR) is 74.4 cm³/mol. The van der Waals surface area contributed by atoms with Gasteiger partial charge in [0.15, 0.2) is 0 Å². The maximum Gasteiger partial charge on any atom is 0.311 e. The second-order valence-electron chi connectivity index (χ2n) is 5.43. The molecular weight excluding hydrogens is 262 g/mol. The Hall–Kier alpha value is -1.36. The molecule has 2 N–H and O–H groups in total. The van der Waals surface area contributed by atoms with Crippen LogP contribution in [0.2, 0.25) is 0 Å². The lowest BCUT2D eigenvalue weighted by atomic mass is 9.71. The lowest BCUT2D eigenvalue weighted by Crippen LogP contribution is -2.45. The number of nitrogens with one attached hydrogen (secondary N) is 1. The molecule has 4 nitrogen and oxygen atoms in total. The Morgan fingerprint density at radius 1 is 1.47 bits per heavy atom. The summed E-state index contributed by atoms with van der Waals surface area (Å²) in [7, 11) is 0. The molecule has 0 radical (unpaired) electrons. The molecule has 2 rings (SSSR count). The van der Waals surface area contributed by atoms with Gasteiger partial charge >= 0.3 is 5.97 Å². The van der Waals surface area contributed by atoms with Crippen molar-refractivity contribution in [2.75, 3.05) is 6.54 Å². The number of thiophene rings is 1. The molecule has 0 atom stereocenters. The zero-order valence-electron chi connectivity index (χ0n) is 11.0. The van der Waals surface area contributed by atoms with Gasteiger partial charge in [-0.2, -0.15) is 0 Å². The van der Waals surface area contributed by atoms with Gasteiger partial charge in [-0.05, 0) is 43.0 Å². The minimum atomic E-state index is -0.786. The van der Waals surface area contributed by atoms with Gasteiger partial charge in [0.05, 0.1) is 10.3 Å². The van der Waals surface area contributed by atoms with Crippen molar-refractivity contribution in [2.24, 2.45) is 11.3 Å². The SMILES string of the molecule is CC1CCC(CNC(=O)c2cccs2)(C(=O)O)CC1. The number of carboxylic acids is 1. The Labute approximate surface area is 116 Å². The van der Waals surface area contributed by atoms with E-state index in [0.717, 1.165) is 12.8 Å². The van der Waals surface area contributed by atoms with Gasteiger partial charge in [-0.3, -0.25) is 9.59 Å². The number of aliphatic carboxylic acids is 1. The third kappa shape index (κ3) is 3.15. The Bertz CT molecular complexity index is 447. The summed E-state index contributed by atoms with van der Waals surface area (Å²) in [5, 5.41) is 14.1. The van der Waals surface area contributed by atoms with Crippen molar-refractivity contribution in [1.82, 2.24) is 5.32 Å². The summed E-state index contributed by atoms with van der Waals surface area (Å²) in [6.45, 7) is 2.38. The summed E-state index contributed by atoms with van der Waals surface area (Å²) in [5.41, 5.74) is -0.778. The number of amides is 1. The molecular formula is C14H19NO3S. The van der Waals surface area contributed by atoms with Crippen LogP contribution in [-0.4, -0.2) is 23.5 Å². The van der Waals surface area contributed by atoms with E-state index in [-0.39, 0.29) is 12.5 Å². The molecule has 0 aliphatic heterocycles. The number of rotatable bonds is 4. The highest BCUT2D eigenvalue weighted by Gasteiger charge is 2.41. The van der Waals surface area contributed by atoms with Crippen molar-refractivity contribution in [3.63, 3.8) is 0 Å². The average Bonchev–Trinajstić information content (AvgIpc) is 2.92. The number of hydrogen-bond acceptors (Lipinski definition) is 3. The maximum absolute atomic E-state index is 11.9. The van der Waals surface area contributed by atoms with Crippen molar-refractivity contribution in [2.45, 2.75) is 32.6 Å². The van der Waals surface area contributed by atoms with Crippen LogP contribution >= 0.6 is 11.3 Å². The molecule has 0 bridgehead atoms. The molecule has 1 amide bonds. The topological polar surface area (TPSA) is 66.4 Å². The van der Waals surface area contributed by atoms with E-state index in [4.69, 9.17) is 0 Å². The molecule has 0 spiro atoms. The van der Waals surface area contributed by atoms with E-state index < -0.39 is 11.4 Å². The second-order valence-corrected chi connectivity index (χ2v) is 6.38. The molecule has 1 aromatic heterocycles. The number of carbonyl (C=O) groups excluding carboxylic acids is 1. The smallest absolute Gasteiger partial charge is 0.311 e. The van der Waals surface area contributed by atoms with Gasteiger partial charge in [0, 0.05) is 6.54 Å². The first-order valence-corrected chi connectivity index (χ1v) is 7.46. The Kier molecular flexibility index (Phi) is 4.24. The monoisotopic (exact) mass is 281 g/mol. The van der Waals surface area contributed by atoms with Crippen molar-refractivity contribution in [1.29, 1.82) is 0 Å². The van der Waals surface area contributed by atoms with E-state index in [1.54, 1.807) is 6.07 Å². The van der Waals surface area contributed by atoms with Gasteiger partial charge in [-0.1, -0.05) is 13.0 Å². The maximum atomic E-state index is 11.9. The minimum absolute atomic E-state index is 0.172. The third-order valence-corrected chi connectivity index (χ3v) is 4.89. The standard InChI is InChI=1S/C14H19NO3S/c1-10-4-6-14(7-5-10,13(17)18)9-15-12(16)11-3-2-8-19-11/h2-3,8,10H,4-7,9H2,1H3,(H,15,16)(H,17,18). The van der Waals surface area contributed by atoms with E-state index in [9.17, 15) is 14.7 Å². The van der Waals surface area contributed by atoms with Gasteiger partial charge in [0.1, 0.15) is 0 Å². The molecule has 1 fully saturated rings. The molecule has 1 saturated carbocycles. The lowest BCUT2D eigenvalue weighted by molar-refractivity contribution is -0.151. The highest BCUT2D eigenvalue weighted by Crippen LogP contribution is 2.38. The van der Waals surface area contributed by atoms with Gasteiger partial charge in [0.2, 0.25) is 0 Å². The Morgan fingerprint density at radius 3 is 2.68 bits per heavy atom. The fraction of sp³-hybridized carbons (Fsp3) is 0.571. The van der Waals surface area contributed by atoms with Crippen molar-refractivity contribution >= 4 is 23.2 Å². The highest BCUT2D eigenvalue weighted by molar-refractivity contribution is 7.12. The summed E-state index contributed by atoms with van der Waals surface area (Å²) < 4.78 is 0. The van der Waals surface area contributed by atoms with Crippen LogP contribution in [0.1, 0.15) is 42.3 Å². The van der Waals surface area contributed by atoms with E-state index in [0.29, 0.717) is 23.6 Å². The first-order chi connectivity index (χ1) is 9.03. The van der Waals surface area contributed by atoms with Gasteiger partial charge in [0.25, 0.3) is 5.91 Å². The first-order valence-electron chi connectivity index (χ1n) is 6.59. The summed E-state index contributed by atoms with van der Waals surface area (Å²) in [6.07, 6.45) is 3.13. The first kappa shape index (κ1) is 14.1. The average molecular weight is 281 g/mol. The van der Waals surface area contributed by atoms with Crippen LogP contribution in [0.15, 0.2) is 17.5 Å². The summed E-state index contributed by atoms with van der Waals surface area (Å²) in [5.74, 6) is -0.374. The van der Waals surface area contributed by atoms with Gasteiger partial charge in [-0.25, -0.2) is 0 Å². The van der Waals surface area contributed by atoms with Crippen LogP contribution in [0.5, 0.6) is 0 Å². The predicted octanol–water partition coefficient (Wildman–Crippen LogP) is 2.76. The summed E-state index contributed by atoms with van der Waals surface area (Å²) in [6, 6.07) is 3.56. The summed E-state index contributed by atoms with van der Waals surface area (Å²) >= 11 is 1.37. The Morgan fingerprint density at radius 2 is 2.16 bits per heavy atom. The molecule has 1 heterocycles. The number of hydrogen-bond donors (Lipinski definition) is 2. The van der Waals surface area contributed by atoms with Crippen LogP contribution in [0.4, 0.5) is 0 Å². The third-order valence-electron chi connectivity index (χ3n) is 4.02. The van der Waals surface area contributed by atoms with Crippen molar-refractivity contribution in [3.8, 4) is 0 Å². The van der Waals surface area contributed by atoms with Crippen LogP contribution in [0, 0.1) is 11.3 Å². The lowest BCUT2D eigenvalue weighted by Gasteiger charge is -2.35. The fourth-order valence-corrected chi connectivity index (χ4v) is 3.17. The zero-order chi connectivity index (χ0) is 13.9. The molecule has 104 valence electrons. The molecule has 0 aromatic carbocycles. The largest absolute Gasteiger partial charge is 0.481 e. The molecule has 0 unspecified atom stereocenters. The van der Waals surface area contributed by atoms with E-state index in [1.807, 2.05) is 11.4 Å². The van der Waals surface area contributed by atoms with Gasteiger partial charge < -0.3 is 10.4 Å². The van der Waals surface area contributed by atoms with E-state index >= 15 is 0 Å². The molecule has 19 heavy (non-hydrogen) atoms. The van der Waals surface area contributed by atoms with E-state index in [1.165, 1.54) is 11.3 Å². The molecule has 1 aromatic rings. The van der Waals surface area contributed by atoms with Gasteiger partial charge in [-0.15, -0.1) is 11.3 Å². The van der Waals surface area contributed by atoms with Crippen LogP contribution < -0.4 is 5.32 Å². The van der Waals surface area contributed by atoms with Crippen LogP contribution in [0.25, 0.3) is 0 Å². The highest BCUT2D eigenvalue weighted by atomic mass is 32.1. The van der Waals surface area contributed by atoms with Crippen LogP contribution in [-0.2, 0) is 4.79 Å². The number of carboxylic acid groups (broad SMARTS) is 1. The van der Waals surface area contributed by atoms with Crippen molar-refractivity contribution in [3.05, 3.63) is 22.4 Å². The molecule has 5 heteroatoms. The quantitative estimate of drug-likeness (QED) is 0.891. The normalized spacial score (nSPS) is 26.9. The second kappa shape index (κ2) is 5.74. The molecule has 0 saturated heterocycles. The van der Waals surface area contributed by atoms with Crippen molar-refractivity contribution < 1.29 is 14.7 Å². The van der Waals surface area contributed by atoms with E-state index in [2.05, 4.69) is 12.2 Å². The molecule has 1 aliphatic carbocycles. The number of carbonyl (C=O) groups is 2. The summed E-state index contributed by atoms with van der Waals surface area (Å²) in [4.78, 5) is 24.0. The fourth-order valence-electron chi connectivity index (χ4n) is 2.53. The minimum Gasteiger partial charge on any atom is -0.481 e. The molecule has 1 aliphatic rings. The zero-order valence-corrected chi connectivity index (χ0v) is 11.8. The Balaban J connectivity index is 1.98.